The molecule has 0 spiro atoms. The van der Waals surface area contributed by atoms with Crippen LogP contribution in [0.5, 0.6) is 0 Å². The topological polar surface area (TPSA) is 62.1 Å². The molecule has 202 valence electrons. The lowest BCUT2D eigenvalue weighted by Crippen LogP contribution is -2.48. The third-order valence-electron chi connectivity index (χ3n) is 7.68. The van der Waals surface area contributed by atoms with Crippen LogP contribution in [0.15, 0.2) is 42.6 Å². The van der Waals surface area contributed by atoms with Crippen LogP contribution in [-0.4, -0.2) is 45.4 Å². The quantitative estimate of drug-likeness (QED) is 0.439. The van der Waals surface area contributed by atoms with Crippen molar-refractivity contribution >= 4 is 23.3 Å². The first-order valence-corrected chi connectivity index (χ1v) is 12.5. The minimum absolute atomic E-state index is 0.0825. The van der Waals surface area contributed by atoms with Crippen LogP contribution in [0.1, 0.15) is 30.5 Å². The average molecular weight is 538 g/mol. The smallest absolute Gasteiger partial charge is 0.371 e. The van der Waals surface area contributed by atoms with Crippen LogP contribution in [0.2, 0.25) is 0 Å². The molecule has 3 atom stereocenters. The Balaban J connectivity index is 1.17. The van der Waals surface area contributed by atoms with Crippen LogP contribution in [0, 0.1) is 11.8 Å². The Morgan fingerprint density at radius 2 is 1.55 bits per heavy atom. The second-order valence-corrected chi connectivity index (χ2v) is 10.1. The van der Waals surface area contributed by atoms with E-state index >= 15 is 0 Å². The minimum atomic E-state index is -4.49. The van der Waals surface area contributed by atoms with E-state index in [1.54, 1.807) is 10.7 Å². The first-order valence-electron chi connectivity index (χ1n) is 12.5. The van der Waals surface area contributed by atoms with Gasteiger partial charge in [-0.05, 0) is 67.5 Å². The number of nitrogens with zero attached hydrogens (tertiary/aromatic N) is 6. The van der Waals surface area contributed by atoms with Gasteiger partial charge >= 0.3 is 12.4 Å². The summed E-state index contributed by atoms with van der Waals surface area (Å²) in [5, 5.41) is 8.09. The summed E-state index contributed by atoms with van der Waals surface area (Å²) in [6.45, 7) is 2.48. The molecule has 4 heterocycles. The van der Waals surface area contributed by atoms with Gasteiger partial charge in [0.25, 0.3) is 0 Å². The summed E-state index contributed by atoms with van der Waals surface area (Å²) >= 11 is 0. The van der Waals surface area contributed by atoms with Crippen molar-refractivity contribution < 1.29 is 26.3 Å². The van der Waals surface area contributed by atoms with E-state index < -0.39 is 23.6 Å². The number of anilines is 4. The van der Waals surface area contributed by atoms with Gasteiger partial charge in [-0.1, -0.05) is 0 Å². The molecule has 1 saturated carbocycles. The van der Waals surface area contributed by atoms with Gasteiger partial charge in [-0.15, -0.1) is 5.10 Å². The Labute approximate surface area is 214 Å². The highest BCUT2D eigenvalue weighted by Gasteiger charge is 2.43. The number of hydrogen-bond acceptors (Lipinski definition) is 6. The Kier molecular flexibility index (Phi) is 5.91. The van der Waals surface area contributed by atoms with Crippen LogP contribution in [0.4, 0.5) is 49.6 Å². The SMILES string of the molecule is FC(F)(F)c1ccc(N2CCCn3nc(N[C@@H]4[C@@H]5CC[C@H]4CN(c4ccnc(C(F)(F)F)c4)C5)nc32)cc1. The third kappa shape index (κ3) is 4.62. The first-order chi connectivity index (χ1) is 18.1. The molecule has 2 fully saturated rings. The van der Waals surface area contributed by atoms with Crippen LogP contribution in [0.3, 0.4) is 0 Å². The number of alkyl halides is 6. The molecule has 3 aliphatic rings. The number of benzene rings is 1. The molecule has 7 nitrogen and oxygen atoms in total. The van der Waals surface area contributed by atoms with Gasteiger partial charge in [0.2, 0.25) is 11.9 Å². The monoisotopic (exact) mass is 537 g/mol. The van der Waals surface area contributed by atoms with Crippen LogP contribution < -0.4 is 15.1 Å². The predicted molar refractivity (Wildman–Crippen MR) is 128 cm³/mol. The molecule has 6 rings (SSSR count). The van der Waals surface area contributed by atoms with Crippen molar-refractivity contribution in [2.45, 2.75) is 44.2 Å². The molecule has 1 N–H and O–H groups in total. The lowest BCUT2D eigenvalue weighted by atomic mass is 9.92. The number of rotatable bonds is 4. The minimum Gasteiger partial charge on any atom is -0.371 e. The summed E-state index contributed by atoms with van der Waals surface area (Å²) in [5.74, 6) is 1.45. The van der Waals surface area contributed by atoms with Crippen molar-refractivity contribution in [2.75, 3.05) is 34.8 Å². The maximum absolute atomic E-state index is 13.1. The van der Waals surface area contributed by atoms with Crippen molar-refractivity contribution in [1.29, 1.82) is 0 Å². The number of nitrogens with one attached hydrogen (secondary N) is 1. The molecule has 3 aromatic rings. The van der Waals surface area contributed by atoms with Crippen LogP contribution >= 0.6 is 0 Å². The van der Waals surface area contributed by atoms with Crippen molar-refractivity contribution in [3.8, 4) is 0 Å². The highest BCUT2D eigenvalue weighted by Crippen LogP contribution is 2.41. The van der Waals surface area contributed by atoms with Gasteiger partial charge in [0.1, 0.15) is 5.69 Å². The fraction of sp³-hybridized carbons (Fsp3) is 0.480. The van der Waals surface area contributed by atoms with E-state index in [4.69, 9.17) is 0 Å². The molecule has 13 heteroatoms. The van der Waals surface area contributed by atoms with Crippen molar-refractivity contribution in [3.63, 3.8) is 0 Å². The second kappa shape index (κ2) is 9.05. The number of halogens is 6. The zero-order valence-corrected chi connectivity index (χ0v) is 20.2. The van der Waals surface area contributed by atoms with Gasteiger partial charge in [0.15, 0.2) is 0 Å². The lowest BCUT2D eigenvalue weighted by Gasteiger charge is -2.39. The summed E-state index contributed by atoms with van der Waals surface area (Å²) in [7, 11) is 0. The molecule has 0 unspecified atom stereocenters. The Bertz CT molecular complexity index is 1290. The fourth-order valence-corrected chi connectivity index (χ4v) is 5.89. The summed E-state index contributed by atoms with van der Waals surface area (Å²) in [4.78, 5) is 12.0. The van der Waals surface area contributed by atoms with Crippen molar-refractivity contribution in [3.05, 3.63) is 53.9 Å². The number of aromatic nitrogens is 4. The van der Waals surface area contributed by atoms with E-state index in [1.165, 1.54) is 18.3 Å². The molecule has 38 heavy (non-hydrogen) atoms. The Morgan fingerprint density at radius 3 is 2.21 bits per heavy atom. The van der Waals surface area contributed by atoms with E-state index in [9.17, 15) is 26.3 Å². The van der Waals surface area contributed by atoms with E-state index in [-0.39, 0.29) is 17.9 Å². The largest absolute Gasteiger partial charge is 0.433 e. The fourth-order valence-electron chi connectivity index (χ4n) is 5.89. The third-order valence-corrected chi connectivity index (χ3v) is 7.68. The van der Waals surface area contributed by atoms with E-state index in [1.807, 2.05) is 9.80 Å². The highest BCUT2D eigenvalue weighted by atomic mass is 19.4. The maximum atomic E-state index is 13.1. The van der Waals surface area contributed by atoms with E-state index in [0.29, 0.717) is 49.5 Å². The normalized spacial score (nSPS) is 23.5. The van der Waals surface area contributed by atoms with Gasteiger partial charge in [-0.2, -0.15) is 31.3 Å². The molecule has 2 aromatic heterocycles. The van der Waals surface area contributed by atoms with Gasteiger partial charge in [0.05, 0.1) is 5.56 Å². The zero-order chi connectivity index (χ0) is 26.7. The summed E-state index contributed by atoms with van der Waals surface area (Å²) < 4.78 is 80.1. The molecular weight excluding hydrogens is 512 g/mol. The molecule has 0 radical (unpaired) electrons. The molecule has 0 amide bonds. The van der Waals surface area contributed by atoms with Crippen LogP contribution in [-0.2, 0) is 18.9 Å². The maximum Gasteiger partial charge on any atom is 0.433 e. The van der Waals surface area contributed by atoms with Crippen LogP contribution in [0.25, 0.3) is 0 Å². The van der Waals surface area contributed by atoms with Gasteiger partial charge < -0.3 is 15.1 Å². The molecular formula is C25H25F6N7. The molecule has 2 aliphatic heterocycles. The predicted octanol–water partition coefficient (Wildman–Crippen LogP) is 5.58. The standard InChI is InChI=1S/C25H25F6N7/c26-24(27,28)17-4-6-18(7-5-17)37-10-1-11-38-23(37)34-22(35-38)33-21-15-2-3-16(21)14-36(13-15)19-8-9-32-20(12-19)25(29,30)31/h4-9,12,15-16,21H,1-3,10-11,13-14H2,(H,33,35)/t15-,16+,21-. The summed E-state index contributed by atoms with van der Waals surface area (Å²) in [6, 6.07) is 7.82. The van der Waals surface area contributed by atoms with Gasteiger partial charge in [0, 0.05) is 49.8 Å². The first kappa shape index (κ1) is 24.8. The molecule has 1 aromatic carbocycles. The van der Waals surface area contributed by atoms with Crippen molar-refractivity contribution in [1.82, 2.24) is 19.7 Å². The number of pyridine rings is 1. The van der Waals surface area contributed by atoms with Gasteiger partial charge in [-0.25, -0.2) is 4.68 Å². The average Bonchev–Trinajstić information content (AvgIpc) is 3.38. The van der Waals surface area contributed by atoms with Gasteiger partial charge in [-0.3, -0.25) is 4.98 Å². The Hall–Kier alpha value is -3.51. The number of hydrogen-bond donors (Lipinski definition) is 1. The molecule has 2 bridgehead atoms. The zero-order valence-electron chi connectivity index (χ0n) is 20.2. The second-order valence-electron chi connectivity index (χ2n) is 10.1. The highest BCUT2D eigenvalue weighted by molar-refractivity contribution is 5.60. The summed E-state index contributed by atoms with van der Waals surface area (Å²) in [6.07, 6.45) is -5.03. The van der Waals surface area contributed by atoms with Crippen molar-refractivity contribution in [2.24, 2.45) is 11.8 Å². The summed E-state index contributed by atoms with van der Waals surface area (Å²) in [5.41, 5.74) is -0.467. The number of aryl methyl sites for hydroxylation is 1. The molecule has 1 saturated heterocycles. The van der Waals surface area contributed by atoms with E-state index in [2.05, 4.69) is 20.4 Å². The molecule has 1 aliphatic carbocycles. The lowest BCUT2D eigenvalue weighted by molar-refractivity contribution is -0.141. The van der Waals surface area contributed by atoms with E-state index in [0.717, 1.165) is 37.5 Å². The number of fused-ring (bicyclic) bond motifs is 3. The number of piperidine rings is 1. The Morgan fingerprint density at radius 1 is 0.842 bits per heavy atom.